The standard InChI is InChI=1S/C22H25N5O2/c1-16-6-7-17(12-20(16)18-13-23-26(2)14-18)22(28)25-21-5-3-4-19(24-21)15-27-8-10-29-11-9-27/h3-7,12-14H,8-11,15H2,1-2H3,(H,24,25,28). The first-order valence-corrected chi connectivity index (χ1v) is 9.75. The third-order valence-corrected chi connectivity index (χ3v) is 5.05. The molecule has 0 saturated carbocycles. The van der Waals surface area contributed by atoms with Crippen LogP contribution < -0.4 is 5.32 Å². The fraction of sp³-hybridized carbons (Fsp3) is 0.318. The van der Waals surface area contributed by atoms with Gasteiger partial charge in [-0.2, -0.15) is 5.10 Å². The molecule has 7 nitrogen and oxygen atoms in total. The topological polar surface area (TPSA) is 72.3 Å². The number of anilines is 1. The largest absolute Gasteiger partial charge is 0.379 e. The lowest BCUT2D eigenvalue weighted by molar-refractivity contribution is 0.0337. The Morgan fingerprint density at radius 1 is 1.21 bits per heavy atom. The average Bonchev–Trinajstić information content (AvgIpc) is 3.15. The number of hydrogen-bond acceptors (Lipinski definition) is 5. The van der Waals surface area contributed by atoms with Gasteiger partial charge in [-0.3, -0.25) is 14.4 Å². The Morgan fingerprint density at radius 3 is 2.79 bits per heavy atom. The van der Waals surface area contributed by atoms with Gasteiger partial charge in [0.15, 0.2) is 0 Å². The number of hydrogen-bond donors (Lipinski definition) is 1. The number of benzene rings is 1. The number of aryl methyl sites for hydroxylation is 2. The molecule has 0 radical (unpaired) electrons. The van der Waals surface area contributed by atoms with E-state index in [1.54, 1.807) is 10.9 Å². The second kappa shape index (κ2) is 8.55. The first-order chi connectivity index (χ1) is 14.1. The SMILES string of the molecule is Cc1ccc(C(=O)Nc2cccc(CN3CCOCC3)n2)cc1-c1cnn(C)c1. The summed E-state index contributed by atoms with van der Waals surface area (Å²) in [6.45, 7) is 6.09. The van der Waals surface area contributed by atoms with E-state index in [4.69, 9.17) is 4.74 Å². The monoisotopic (exact) mass is 391 g/mol. The molecular weight excluding hydrogens is 366 g/mol. The molecule has 0 bridgehead atoms. The Hall–Kier alpha value is -3.03. The highest BCUT2D eigenvalue weighted by atomic mass is 16.5. The minimum Gasteiger partial charge on any atom is -0.379 e. The van der Waals surface area contributed by atoms with E-state index in [2.05, 4.69) is 20.3 Å². The third-order valence-electron chi connectivity index (χ3n) is 5.05. The summed E-state index contributed by atoms with van der Waals surface area (Å²) in [4.78, 5) is 19.7. The van der Waals surface area contributed by atoms with Crippen molar-refractivity contribution in [3.05, 3.63) is 65.6 Å². The Bertz CT molecular complexity index is 1010. The van der Waals surface area contributed by atoms with E-state index in [1.807, 2.05) is 56.6 Å². The van der Waals surface area contributed by atoms with Crippen molar-refractivity contribution >= 4 is 11.7 Å². The quantitative estimate of drug-likeness (QED) is 0.724. The first-order valence-electron chi connectivity index (χ1n) is 9.75. The van der Waals surface area contributed by atoms with Gasteiger partial charge in [-0.1, -0.05) is 12.1 Å². The average molecular weight is 391 g/mol. The maximum absolute atomic E-state index is 12.8. The molecule has 29 heavy (non-hydrogen) atoms. The first kappa shape index (κ1) is 19.3. The molecule has 0 aliphatic carbocycles. The van der Waals surface area contributed by atoms with E-state index in [-0.39, 0.29) is 5.91 Å². The molecule has 1 fully saturated rings. The molecule has 150 valence electrons. The summed E-state index contributed by atoms with van der Waals surface area (Å²) in [7, 11) is 1.88. The van der Waals surface area contributed by atoms with E-state index in [0.717, 1.165) is 55.2 Å². The lowest BCUT2D eigenvalue weighted by atomic mass is 10.0. The fourth-order valence-electron chi connectivity index (χ4n) is 3.45. The summed E-state index contributed by atoms with van der Waals surface area (Å²) in [5, 5.41) is 7.15. The van der Waals surface area contributed by atoms with E-state index >= 15 is 0 Å². The molecule has 0 spiro atoms. The van der Waals surface area contributed by atoms with E-state index < -0.39 is 0 Å². The highest BCUT2D eigenvalue weighted by Gasteiger charge is 2.14. The van der Waals surface area contributed by atoms with Crippen LogP contribution in [0.3, 0.4) is 0 Å². The van der Waals surface area contributed by atoms with Crippen LogP contribution in [0.1, 0.15) is 21.6 Å². The number of amides is 1. The number of carbonyl (C=O) groups is 1. The number of pyridine rings is 1. The second-order valence-electron chi connectivity index (χ2n) is 7.29. The van der Waals surface area contributed by atoms with E-state index in [0.29, 0.717) is 11.4 Å². The normalized spacial score (nSPS) is 14.7. The minimum absolute atomic E-state index is 0.175. The van der Waals surface area contributed by atoms with Crippen molar-refractivity contribution in [1.29, 1.82) is 0 Å². The highest BCUT2D eigenvalue weighted by molar-refractivity contribution is 6.04. The predicted octanol–water partition coefficient (Wildman–Crippen LogP) is 2.88. The van der Waals surface area contributed by atoms with Gasteiger partial charge in [-0.05, 0) is 42.3 Å². The minimum atomic E-state index is -0.175. The molecule has 0 atom stereocenters. The smallest absolute Gasteiger partial charge is 0.256 e. The van der Waals surface area contributed by atoms with Crippen LogP contribution in [0.4, 0.5) is 5.82 Å². The van der Waals surface area contributed by atoms with E-state index in [1.165, 1.54) is 0 Å². The molecular formula is C22H25N5O2. The molecule has 3 aromatic rings. The second-order valence-corrected chi connectivity index (χ2v) is 7.29. The van der Waals surface area contributed by atoms with Gasteiger partial charge < -0.3 is 10.1 Å². The zero-order valence-electron chi connectivity index (χ0n) is 16.8. The lowest BCUT2D eigenvalue weighted by Crippen LogP contribution is -2.35. The Labute approximate surface area is 170 Å². The Balaban J connectivity index is 1.48. The summed E-state index contributed by atoms with van der Waals surface area (Å²) in [5.74, 6) is 0.385. The summed E-state index contributed by atoms with van der Waals surface area (Å²) >= 11 is 0. The predicted molar refractivity (Wildman–Crippen MR) is 112 cm³/mol. The lowest BCUT2D eigenvalue weighted by Gasteiger charge is -2.26. The van der Waals surface area contributed by atoms with Crippen LogP contribution in [-0.2, 0) is 18.3 Å². The zero-order valence-corrected chi connectivity index (χ0v) is 16.8. The van der Waals surface area contributed by atoms with Crippen LogP contribution in [0.25, 0.3) is 11.1 Å². The van der Waals surface area contributed by atoms with Crippen LogP contribution in [0, 0.1) is 6.92 Å². The van der Waals surface area contributed by atoms with Gasteiger partial charge in [-0.25, -0.2) is 4.98 Å². The van der Waals surface area contributed by atoms with Crippen LogP contribution in [0.15, 0.2) is 48.8 Å². The number of nitrogens with one attached hydrogen (secondary N) is 1. The van der Waals surface area contributed by atoms with Crippen molar-refractivity contribution < 1.29 is 9.53 Å². The Kier molecular flexibility index (Phi) is 5.69. The molecule has 1 amide bonds. The van der Waals surface area contributed by atoms with Crippen LogP contribution in [-0.4, -0.2) is 51.9 Å². The molecule has 2 aromatic heterocycles. The van der Waals surface area contributed by atoms with Gasteiger partial charge in [-0.15, -0.1) is 0 Å². The number of carbonyl (C=O) groups excluding carboxylic acids is 1. The number of nitrogens with zero attached hydrogens (tertiary/aromatic N) is 4. The van der Waals surface area contributed by atoms with E-state index in [9.17, 15) is 4.79 Å². The molecule has 1 aliphatic rings. The summed E-state index contributed by atoms with van der Waals surface area (Å²) in [6.07, 6.45) is 3.75. The maximum Gasteiger partial charge on any atom is 0.256 e. The van der Waals surface area contributed by atoms with Crippen molar-refractivity contribution in [2.24, 2.45) is 7.05 Å². The van der Waals surface area contributed by atoms with Gasteiger partial charge in [0, 0.05) is 44.0 Å². The van der Waals surface area contributed by atoms with Crippen molar-refractivity contribution in [2.75, 3.05) is 31.6 Å². The summed E-state index contributed by atoms with van der Waals surface area (Å²) < 4.78 is 7.15. The number of ether oxygens (including phenoxy) is 1. The summed E-state index contributed by atoms with van der Waals surface area (Å²) in [5.41, 5.74) is 4.62. The molecule has 0 unspecified atom stereocenters. The molecule has 1 aliphatic heterocycles. The van der Waals surface area contributed by atoms with Crippen molar-refractivity contribution in [1.82, 2.24) is 19.7 Å². The van der Waals surface area contributed by atoms with Gasteiger partial charge in [0.25, 0.3) is 5.91 Å². The van der Waals surface area contributed by atoms with Crippen LogP contribution in [0.2, 0.25) is 0 Å². The van der Waals surface area contributed by atoms with Gasteiger partial charge in [0.05, 0.1) is 25.1 Å². The highest BCUT2D eigenvalue weighted by Crippen LogP contribution is 2.24. The molecule has 4 rings (SSSR count). The number of morpholine rings is 1. The number of rotatable bonds is 5. The molecule has 1 saturated heterocycles. The van der Waals surface area contributed by atoms with Crippen molar-refractivity contribution in [3.63, 3.8) is 0 Å². The van der Waals surface area contributed by atoms with Crippen LogP contribution in [0.5, 0.6) is 0 Å². The Morgan fingerprint density at radius 2 is 2.03 bits per heavy atom. The summed E-state index contributed by atoms with van der Waals surface area (Å²) in [6, 6.07) is 11.4. The molecule has 1 aromatic carbocycles. The van der Waals surface area contributed by atoms with Crippen molar-refractivity contribution in [3.8, 4) is 11.1 Å². The maximum atomic E-state index is 12.8. The third kappa shape index (κ3) is 4.70. The fourth-order valence-corrected chi connectivity index (χ4v) is 3.45. The number of aromatic nitrogens is 3. The van der Waals surface area contributed by atoms with Crippen LogP contribution >= 0.6 is 0 Å². The molecule has 1 N–H and O–H groups in total. The molecule has 3 heterocycles. The molecule has 7 heteroatoms. The van der Waals surface area contributed by atoms with Gasteiger partial charge in [0.1, 0.15) is 5.82 Å². The van der Waals surface area contributed by atoms with Crippen molar-refractivity contribution in [2.45, 2.75) is 13.5 Å². The zero-order chi connectivity index (χ0) is 20.2. The van der Waals surface area contributed by atoms with Gasteiger partial charge >= 0.3 is 0 Å². The van der Waals surface area contributed by atoms with Gasteiger partial charge in [0.2, 0.25) is 0 Å².